The molecule has 2 aromatic rings. The number of thioether (sulfide) groups is 1. The molecule has 0 saturated heterocycles. The molecule has 1 N–H and O–H groups in total. The maximum atomic E-state index is 12.7. The van der Waals surface area contributed by atoms with Crippen molar-refractivity contribution in [2.75, 3.05) is 17.2 Å². The Hall–Kier alpha value is -2.60. The second-order valence-corrected chi connectivity index (χ2v) is 6.94. The number of carboxylic acid groups (broad SMARTS) is 1. The lowest BCUT2D eigenvalue weighted by Gasteiger charge is -2.25. The monoisotopic (exact) mass is 371 g/mol. The normalized spacial score (nSPS) is 10.4. The fourth-order valence-electron chi connectivity index (χ4n) is 2.64. The van der Waals surface area contributed by atoms with Crippen molar-refractivity contribution in [1.82, 2.24) is 0 Å². The number of benzene rings is 2. The molecule has 0 heterocycles. The number of carbonyl (C=O) groups is 3. The van der Waals surface area contributed by atoms with Crippen molar-refractivity contribution in [2.45, 2.75) is 20.8 Å². The molecule has 0 aliphatic carbocycles. The Morgan fingerprint density at radius 3 is 2.19 bits per heavy atom. The average Bonchev–Trinajstić information content (AvgIpc) is 2.62. The largest absolute Gasteiger partial charge is 0.480 e. The summed E-state index contributed by atoms with van der Waals surface area (Å²) < 4.78 is 0. The number of hydrogen-bond acceptors (Lipinski definition) is 4. The van der Waals surface area contributed by atoms with Crippen molar-refractivity contribution < 1.29 is 19.5 Å². The molecule has 0 saturated carbocycles. The molecule has 0 spiro atoms. The fourth-order valence-corrected chi connectivity index (χ4v) is 3.35. The maximum Gasteiger partial charge on any atom is 0.323 e. The Morgan fingerprint density at radius 2 is 1.58 bits per heavy atom. The minimum absolute atomic E-state index is 0.117. The van der Waals surface area contributed by atoms with Gasteiger partial charge in [-0.3, -0.25) is 19.3 Å². The first kappa shape index (κ1) is 19.7. The average molecular weight is 371 g/mol. The van der Waals surface area contributed by atoms with E-state index >= 15 is 0 Å². The van der Waals surface area contributed by atoms with Crippen molar-refractivity contribution in [2.24, 2.45) is 0 Å². The van der Waals surface area contributed by atoms with Crippen LogP contribution in [0.2, 0.25) is 0 Å². The van der Waals surface area contributed by atoms with Crippen LogP contribution in [0.15, 0.2) is 42.5 Å². The van der Waals surface area contributed by atoms with E-state index in [0.717, 1.165) is 28.5 Å². The van der Waals surface area contributed by atoms with Gasteiger partial charge < -0.3 is 5.11 Å². The molecule has 0 atom stereocenters. The molecule has 0 bridgehead atoms. The molecule has 1 amide bonds. The first-order valence-corrected chi connectivity index (χ1v) is 9.11. The number of amides is 1. The van der Waals surface area contributed by atoms with Gasteiger partial charge in [-0.25, -0.2) is 0 Å². The van der Waals surface area contributed by atoms with Crippen LogP contribution in [0.4, 0.5) is 5.69 Å². The summed E-state index contributed by atoms with van der Waals surface area (Å²) in [7, 11) is 0. The molecular formula is C20H21NO4S. The van der Waals surface area contributed by atoms with Crippen molar-refractivity contribution in [3.8, 4) is 0 Å². The van der Waals surface area contributed by atoms with Crippen LogP contribution in [-0.4, -0.2) is 34.4 Å². The quantitative estimate of drug-likeness (QED) is 0.840. The summed E-state index contributed by atoms with van der Waals surface area (Å²) in [5.41, 5.74) is 3.77. The van der Waals surface area contributed by atoms with E-state index in [2.05, 4.69) is 0 Å². The zero-order valence-corrected chi connectivity index (χ0v) is 15.8. The summed E-state index contributed by atoms with van der Waals surface area (Å²) in [5, 5.41) is 9.02. The smallest absolute Gasteiger partial charge is 0.323 e. The van der Waals surface area contributed by atoms with Crippen LogP contribution in [0, 0.1) is 20.8 Å². The molecule has 5 nitrogen and oxygen atoms in total. The van der Waals surface area contributed by atoms with Gasteiger partial charge >= 0.3 is 5.97 Å². The topological polar surface area (TPSA) is 74.7 Å². The number of hydrogen-bond donors (Lipinski definition) is 1. The van der Waals surface area contributed by atoms with Crippen molar-refractivity contribution in [1.29, 1.82) is 0 Å². The Bertz CT molecular complexity index is 833. The van der Waals surface area contributed by atoms with Crippen LogP contribution < -0.4 is 4.90 Å². The van der Waals surface area contributed by atoms with Crippen molar-refractivity contribution >= 4 is 34.4 Å². The maximum absolute atomic E-state index is 12.7. The number of aliphatic carboxylic acids is 1. The third-order valence-corrected chi connectivity index (χ3v) is 4.99. The van der Waals surface area contributed by atoms with E-state index in [0.29, 0.717) is 11.3 Å². The van der Waals surface area contributed by atoms with Gasteiger partial charge in [0.1, 0.15) is 6.54 Å². The van der Waals surface area contributed by atoms with Crippen LogP contribution >= 0.6 is 11.8 Å². The lowest BCUT2D eigenvalue weighted by atomic mass is 10.0. The summed E-state index contributed by atoms with van der Waals surface area (Å²) in [4.78, 5) is 37.5. The zero-order valence-electron chi connectivity index (χ0n) is 15.0. The molecule has 0 fully saturated rings. The molecular weight excluding hydrogens is 350 g/mol. The van der Waals surface area contributed by atoms with Crippen LogP contribution in [0.1, 0.15) is 27.0 Å². The lowest BCUT2D eigenvalue weighted by molar-refractivity contribution is -0.136. The van der Waals surface area contributed by atoms with Gasteiger partial charge in [0.15, 0.2) is 0 Å². The van der Waals surface area contributed by atoms with Gasteiger partial charge in [0.2, 0.25) is 11.0 Å². The number of carbonyl (C=O) groups excluding carboxylic acids is 2. The van der Waals surface area contributed by atoms with E-state index in [9.17, 15) is 19.5 Å². The van der Waals surface area contributed by atoms with Crippen LogP contribution in [0.3, 0.4) is 0 Å². The summed E-state index contributed by atoms with van der Waals surface area (Å²) in [6, 6.07) is 12.5. The predicted molar refractivity (Wildman–Crippen MR) is 104 cm³/mol. The standard InChI is InChI=1S/C20H21NO4S/c1-13-9-10-14(2)19(15(13)3)21(11-18(23)24)17(22)12-26-20(25)16-7-5-4-6-8-16/h4-10H,11-12H2,1-3H3,(H,23,24). The molecule has 0 aliphatic rings. The highest BCUT2D eigenvalue weighted by Crippen LogP contribution is 2.28. The zero-order chi connectivity index (χ0) is 19.3. The summed E-state index contributed by atoms with van der Waals surface area (Å²) >= 11 is 0.881. The third kappa shape index (κ3) is 4.73. The molecule has 136 valence electrons. The molecule has 0 aromatic heterocycles. The molecule has 0 radical (unpaired) electrons. The number of carboxylic acids is 1. The van der Waals surface area contributed by atoms with Gasteiger partial charge in [-0.15, -0.1) is 0 Å². The predicted octanol–water partition coefficient (Wildman–Crippen LogP) is 3.60. The van der Waals surface area contributed by atoms with E-state index in [1.165, 1.54) is 4.90 Å². The van der Waals surface area contributed by atoms with Gasteiger partial charge in [0.05, 0.1) is 11.4 Å². The minimum Gasteiger partial charge on any atom is -0.480 e. The summed E-state index contributed by atoms with van der Waals surface area (Å²) in [5.74, 6) is -1.62. The van der Waals surface area contributed by atoms with Crippen LogP contribution in [-0.2, 0) is 9.59 Å². The minimum atomic E-state index is -1.10. The Kier molecular flexibility index (Phi) is 6.58. The van der Waals surface area contributed by atoms with Crippen molar-refractivity contribution in [3.05, 3.63) is 64.7 Å². The lowest BCUT2D eigenvalue weighted by Crippen LogP contribution is -2.38. The van der Waals surface area contributed by atoms with Gasteiger partial charge in [-0.05, 0) is 37.5 Å². The third-order valence-electron chi connectivity index (χ3n) is 4.10. The first-order valence-electron chi connectivity index (χ1n) is 8.12. The Labute approximate surface area is 157 Å². The molecule has 6 heteroatoms. The van der Waals surface area contributed by atoms with Gasteiger partial charge in [0, 0.05) is 5.56 Å². The SMILES string of the molecule is Cc1ccc(C)c(N(CC(=O)O)C(=O)CSC(=O)c2ccccc2)c1C. The van der Waals surface area contributed by atoms with E-state index in [1.54, 1.807) is 24.3 Å². The Balaban J connectivity index is 2.22. The number of rotatable bonds is 6. The van der Waals surface area contributed by atoms with Crippen LogP contribution in [0.25, 0.3) is 0 Å². The first-order chi connectivity index (χ1) is 12.3. The number of anilines is 1. The molecule has 2 aromatic carbocycles. The molecule has 2 rings (SSSR count). The van der Waals surface area contributed by atoms with Gasteiger partial charge in [-0.1, -0.05) is 54.2 Å². The number of aryl methyl sites for hydroxylation is 2. The second-order valence-electron chi connectivity index (χ2n) is 5.99. The van der Waals surface area contributed by atoms with E-state index in [4.69, 9.17) is 0 Å². The van der Waals surface area contributed by atoms with Gasteiger partial charge in [-0.2, -0.15) is 0 Å². The fraction of sp³-hybridized carbons (Fsp3) is 0.250. The molecule has 26 heavy (non-hydrogen) atoms. The van der Waals surface area contributed by atoms with E-state index < -0.39 is 18.4 Å². The van der Waals surface area contributed by atoms with E-state index in [-0.39, 0.29) is 10.9 Å². The second kappa shape index (κ2) is 8.67. The molecule has 0 aliphatic heterocycles. The number of nitrogens with zero attached hydrogens (tertiary/aromatic N) is 1. The van der Waals surface area contributed by atoms with Crippen molar-refractivity contribution in [3.63, 3.8) is 0 Å². The molecule has 0 unspecified atom stereocenters. The highest BCUT2D eigenvalue weighted by molar-refractivity contribution is 8.14. The highest BCUT2D eigenvalue weighted by Gasteiger charge is 2.23. The highest BCUT2D eigenvalue weighted by atomic mass is 32.2. The van der Waals surface area contributed by atoms with Crippen LogP contribution in [0.5, 0.6) is 0 Å². The Morgan fingerprint density at radius 1 is 0.962 bits per heavy atom. The summed E-state index contributed by atoms with van der Waals surface area (Å²) in [6.45, 7) is 5.17. The van der Waals surface area contributed by atoms with E-state index in [1.807, 2.05) is 39.0 Å². The van der Waals surface area contributed by atoms with Gasteiger partial charge in [0.25, 0.3) is 0 Å². The summed E-state index contributed by atoms with van der Waals surface area (Å²) in [6.07, 6.45) is 0.